The Morgan fingerprint density at radius 1 is 0.700 bits per heavy atom. The molecule has 0 atom stereocenters. The summed E-state index contributed by atoms with van der Waals surface area (Å²) in [5, 5.41) is 5.90. The van der Waals surface area contributed by atoms with Crippen molar-refractivity contribution in [3.63, 3.8) is 0 Å². The van der Waals surface area contributed by atoms with Crippen molar-refractivity contribution in [2.45, 2.75) is 33.2 Å². The number of ether oxygens (including phenoxy) is 2. The van der Waals surface area contributed by atoms with Crippen molar-refractivity contribution in [3.05, 3.63) is 180 Å². The molecule has 0 unspecified atom stereocenters. The molecule has 2 amide bonds. The number of benzene rings is 4. The summed E-state index contributed by atoms with van der Waals surface area (Å²) in [6, 6.07) is 34.0. The number of aromatic nitrogens is 3. The molecule has 0 spiro atoms. The van der Waals surface area contributed by atoms with E-state index in [1.54, 1.807) is 42.9 Å². The van der Waals surface area contributed by atoms with Crippen LogP contribution < -0.4 is 20.1 Å². The minimum absolute atomic E-state index is 0.105. The Labute approximate surface area is 351 Å². The van der Waals surface area contributed by atoms with Crippen LogP contribution in [0.15, 0.2) is 152 Å². The zero-order chi connectivity index (χ0) is 41.7. The Morgan fingerprint density at radius 3 is 2.08 bits per heavy atom. The Kier molecular flexibility index (Phi) is 13.8. The minimum Gasteiger partial charge on any atom is -0.457 e. The number of aryl methyl sites for hydroxylation is 2. The maximum Gasteiger partial charge on any atom is 0.322 e. The number of rotatable bonds is 11. The highest BCUT2D eigenvalue weighted by atomic mass is 16.5. The third-order valence-corrected chi connectivity index (χ3v) is 10.1. The third kappa shape index (κ3) is 11.6. The number of anilines is 2. The summed E-state index contributed by atoms with van der Waals surface area (Å²) in [6.07, 6.45) is 13.3. The molecule has 3 heterocycles. The molecular weight excluding hydrogens is 751 g/mol. The van der Waals surface area contributed by atoms with E-state index in [4.69, 9.17) is 9.47 Å². The van der Waals surface area contributed by atoms with Crippen molar-refractivity contribution in [2.24, 2.45) is 0 Å². The summed E-state index contributed by atoms with van der Waals surface area (Å²) < 4.78 is 11.9. The topological polar surface area (TPSA) is 122 Å². The first kappa shape index (κ1) is 41.2. The van der Waals surface area contributed by atoms with Crippen LogP contribution >= 0.6 is 0 Å². The summed E-state index contributed by atoms with van der Waals surface area (Å²) in [5.74, 6) is 1.90. The summed E-state index contributed by atoms with van der Waals surface area (Å²) in [7, 11) is 2.16. The first-order valence-electron chi connectivity index (χ1n) is 20.1. The van der Waals surface area contributed by atoms with Crippen LogP contribution in [-0.4, -0.2) is 69.8 Å². The number of piperazine rings is 1. The van der Waals surface area contributed by atoms with Gasteiger partial charge in [-0.2, -0.15) is 4.98 Å². The van der Waals surface area contributed by atoms with Gasteiger partial charge in [-0.25, -0.2) is 4.98 Å². The van der Waals surface area contributed by atoms with Crippen molar-refractivity contribution >= 4 is 23.2 Å². The molecule has 8 rings (SSSR count). The smallest absolute Gasteiger partial charge is 0.322 e. The minimum atomic E-state index is -0.185. The van der Waals surface area contributed by atoms with E-state index in [0.717, 1.165) is 79.5 Å². The lowest BCUT2D eigenvalue weighted by Gasteiger charge is -2.32. The summed E-state index contributed by atoms with van der Waals surface area (Å²) in [6.45, 7) is 9.10. The van der Waals surface area contributed by atoms with Crippen molar-refractivity contribution in [1.29, 1.82) is 0 Å². The van der Waals surface area contributed by atoms with Gasteiger partial charge in [0.2, 0.25) is 0 Å². The number of nitrogens with one attached hydrogen (secondary N) is 2. The van der Waals surface area contributed by atoms with Gasteiger partial charge in [0.05, 0.1) is 5.69 Å². The van der Waals surface area contributed by atoms with Crippen molar-refractivity contribution < 1.29 is 19.1 Å². The SMILES string of the molecule is Cc1ccc(NC(=O)c2cccc(CN3CCN(C)CC3)c2)cc1OC1=CCCC=C1.Cc1ccc(NC(=O)c2ccccc2)cc1Oc1nccc(-c2cccnc2)n1. The Balaban J connectivity index is 0.000000182. The number of pyridine rings is 1. The lowest BCUT2D eigenvalue weighted by Crippen LogP contribution is -2.43. The molecule has 0 radical (unpaired) electrons. The molecule has 1 aliphatic carbocycles. The normalized spacial score (nSPS) is 13.9. The average Bonchev–Trinajstić information content (AvgIpc) is 3.28. The van der Waals surface area contributed by atoms with Crippen LogP contribution in [0.3, 0.4) is 0 Å². The van der Waals surface area contributed by atoms with E-state index < -0.39 is 0 Å². The first-order valence-corrected chi connectivity index (χ1v) is 20.1. The van der Waals surface area contributed by atoms with Gasteiger partial charge in [0.25, 0.3) is 11.8 Å². The summed E-state index contributed by atoms with van der Waals surface area (Å²) in [5.41, 5.74) is 7.31. The quantitative estimate of drug-likeness (QED) is 0.132. The highest BCUT2D eigenvalue weighted by molar-refractivity contribution is 6.05. The molecule has 304 valence electrons. The molecule has 2 aliphatic rings. The number of hydrogen-bond donors (Lipinski definition) is 2. The van der Waals surface area contributed by atoms with Gasteiger partial charge in [-0.1, -0.05) is 48.5 Å². The van der Waals surface area contributed by atoms with Crippen LogP contribution in [0.4, 0.5) is 11.4 Å². The fourth-order valence-electron chi connectivity index (χ4n) is 6.60. The van der Waals surface area contributed by atoms with Crippen molar-refractivity contribution in [2.75, 3.05) is 43.9 Å². The van der Waals surface area contributed by atoms with Crippen LogP contribution in [0, 0.1) is 13.8 Å². The lowest BCUT2D eigenvalue weighted by atomic mass is 10.1. The van der Waals surface area contributed by atoms with Crippen molar-refractivity contribution in [3.8, 4) is 28.8 Å². The number of carbonyl (C=O) groups excluding carboxylic acids is 2. The standard InChI is InChI=1S/C26H31N3O2.C23H18N4O2/c1-20-11-12-23(18-25(20)31-24-9-4-3-5-10-24)27-26(30)22-8-6-7-21(17-22)19-29-15-13-28(2)14-16-29;1-16-9-10-19(26-22(28)17-6-3-2-4-7-17)14-21(16)29-23-25-13-11-20(27-23)18-8-5-12-24-15-18/h4,6-12,17-18H,3,5,13-16,19H2,1-2H3,(H,27,30);2-15H,1H3,(H,26,28). The van der Waals surface area contributed by atoms with Crippen LogP contribution in [0.2, 0.25) is 0 Å². The number of carbonyl (C=O) groups is 2. The van der Waals surface area contributed by atoms with Gasteiger partial charge >= 0.3 is 6.01 Å². The maximum atomic E-state index is 12.9. The molecule has 11 heteroatoms. The highest BCUT2D eigenvalue weighted by Gasteiger charge is 2.16. The van der Waals surface area contributed by atoms with E-state index in [9.17, 15) is 9.59 Å². The molecule has 1 aliphatic heterocycles. The summed E-state index contributed by atoms with van der Waals surface area (Å²) in [4.78, 5) is 42.8. The van der Waals surface area contributed by atoms with Crippen molar-refractivity contribution in [1.82, 2.24) is 24.8 Å². The molecule has 0 bridgehead atoms. The Morgan fingerprint density at radius 2 is 1.40 bits per heavy atom. The van der Waals surface area contributed by atoms with Gasteiger partial charge in [0.15, 0.2) is 0 Å². The first-order chi connectivity index (χ1) is 29.3. The second-order valence-electron chi connectivity index (χ2n) is 14.8. The number of amides is 2. The van der Waals surface area contributed by atoms with E-state index in [0.29, 0.717) is 28.3 Å². The predicted molar refractivity (Wildman–Crippen MR) is 236 cm³/mol. The molecule has 2 aromatic heterocycles. The number of nitrogens with zero attached hydrogens (tertiary/aromatic N) is 5. The Hall–Kier alpha value is -6.95. The second-order valence-corrected chi connectivity index (χ2v) is 14.8. The van der Waals surface area contributed by atoms with Gasteiger partial charge < -0.3 is 25.0 Å². The third-order valence-electron chi connectivity index (χ3n) is 10.1. The Bertz CT molecular complexity index is 2460. The van der Waals surface area contributed by atoms with E-state index in [-0.39, 0.29) is 17.8 Å². The number of allylic oxidation sites excluding steroid dienone is 3. The molecule has 4 aromatic carbocycles. The molecule has 1 saturated heterocycles. The van der Waals surface area contributed by atoms with Gasteiger partial charge in [0, 0.05) is 91.5 Å². The fourth-order valence-corrected chi connectivity index (χ4v) is 6.60. The molecule has 6 aromatic rings. The van der Waals surface area contributed by atoms with E-state index >= 15 is 0 Å². The van der Waals surface area contributed by atoms with Crippen LogP contribution in [0.1, 0.15) is 50.2 Å². The van der Waals surface area contributed by atoms with Crippen LogP contribution in [0.5, 0.6) is 17.5 Å². The van der Waals surface area contributed by atoms with Gasteiger partial charge in [-0.15, -0.1) is 0 Å². The van der Waals surface area contributed by atoms with E-state index in [1.165, 1.54) is 5.56 Å². The molecule has 1 fully saturated rings. The molecule has 60 heavy (non-hydrogen) atoms. The van der Waals surface area contributed by atoms with Crippen LogP contribution in [0.25, 0.3) is 11.3 Å². The molecular formula is C49H49N7O4. The zero-order valence-corrected chi connectivity index (χ0v) is 34.2. The van der Waals surface area contributed by atoms with Crippen LogP contribution in [-0.2, 0) is 6.54 Å². The lowest BCUT2D eigenvalue weighted by molar-refractivity contribution is 0.101. The maximum absolute atomic E-state index is 12.9. The van der Waals surface area contributed by atoms with E-state index in [2.05, 4.69) is 60.7 Å². The monoisotopic (exact) mass is 799 g/mol. The molecule has 11 nitrogen and oxygen atoms in total. The fraction of sp³-hybridized carbons (Fsp3) is 0.204. The van der Waals surface area contributed by atoms with E-state index in [1.807, 2.05) is 98.8 Å². The van der Waals surface area contributed by atoms with Gasteiger partial charge in [-0.3, -0.25) is 19.5 Å². The zero-order valence-electron chi connectivity index (χ0n) is 34.2. The second kappa shape index (κ2) is 20.1. The van der Waals surface area contributed by atoms with Gasteiger partial charge in [0.1, 0.15) is 17.3 Å². The number of hydrogen-bond acceptors (Lipinski definition) is 9. The average molecular weight is 800 g/mol. The largest absolute Gasteiger partial charge is 0.457 e. The molecule has 2 N–H and O–H groups in total. The number of likely N-dealkylation sites (N-methyl/N-ethyl adjacent to an activating group) is 1. The molecule has 0 saturated carbocycles. The predicted octanol–water partition coefficient (Wildman–Crippen LogP) is 9.50. The highest BCUT2D eigenvalue weighted by Crippen LogP contribution is 2.29. The van der Waals surface area contributed by atoms with Gasteiger partial charge in [-0.05, 0) is 117 Å². The summed E-state index contributed by atoms with van der Waals surface area (Å²) >= 11 is 0.